The van der Waals surface area contributed by atoms with Crippen LogP contribution in [-0.2, 0) is 6.42 Å². The molecule has 2 heterocycles. The normalized spacial score (nSPS) is 17.1. The van der Waals surface area contributed by atoms with E-state index in [4.69, 9.17) is 4.99 Å². The first-order valence-corrected chi connectivity index (χ1v) is 13.5. The van der Waals surface area contributed by atoms with E-state index in [0.717, 1.165) is 39.0 Å². The van der Waals surface area contributed by atoms with Gasteiger partial charge in [-0.25, -0.2) is 4.99 Å². The van der Waals surface area contributed by atoms with Crippen molar-refractivity contribution in [1.82, 2.24) is 4.57 Å². The Labute approximate surface area is 206 Å². The summed E-state index contributed by atoms with van der Waals surface area (Å²) in [6.45, 7) is 2.10. The van der Waals surface area contributed by atoms with Crippen LogP contribution in [0.15, 0.2) is 93.1 Å². The minimum absolute atomic E-state index is 0.0358. The van der Waals surface area contributed by atoms with Gasteiger partial charge in [0.1, 0.15) is 0 Å². The molecule has 0 N–H and O–H groups in total. The maximum Gasteiger partial charge on any atom is 0.271 e. The summed E-state index contributed by atoms with van der Waals surface area (Å²) in [6, 6.07) is 25.3. The molecule has 1 aromatic heterocycles. The number of thioether (sulfide) groups is 1. The Bertz CT molecular complexity index is 1610. The molecule has 0 saturated heterocycles. The summed E-state index contributed by atoms with van der Waals surface area (Å²) in [5.74, 6) is 0. The summed E-state index contributed by atoms with van der Waals surface area (Å²) in [6.07, 6.45) is 5.95. The first kappa shape index (κ1) is 21.4. The molecule has 0 bridgehead atoms. The molecule has 34 heavy (non-hydrogen) atoms. The Kier molecular flexibility index (Phi) is 5.39. The first-order valence-electron chi connectivity index (χ1n) is 11.5. The van der Waals surface area contributed by atoms with Crippen LogP contribution in [0.5, 0.6) is 0 Å². The van der Waals surface area contributed by atoms with E-state index in [1.165, 1.54) is 38.5 Å². The highest BCUT2D eigenvalue weighted by Crippen LogP contribution is 2.41. The van der Waals surface area contributed by atoms with Gasteiger partial charge >= 0.3 is 0 Å². The van der Waals surface area contributed by atoms with E-state index in [2.05, 4.69) is 86.0 Å². The number of thiazole rings is 1. The first-order chi connectivity index (χ1) is 16.6. The van der Waals surface area contributed by atoms with Gasteiger partial charge < -0.3 is 0 Å². The standard InChI is InChI=1S/C29H24N2OS2/c1-18-7-11-21(12-8-18)27-24-16-13-20-5-3-4-6-23(20)26(24)30-29-31(27)28(32)25(34-29)17-19-9-14-22(33-2)15-10-19/h3-12,14-15,17,27H,13,16H2,1-2H3/b25-17-/t27-/m0/s1. The lowest BCUT2D eigenvalue weighted by atomic mass is 9.83. The zero-order valence-corrected chi connectivity index (χ0v) is 20.7. The van der Waals surface area contributed by atoms with Crippen LogP contribution in [0.3, 0.4) is 0 Å². The molecule has 3 aromatic carbocycles. The van der Waals surface area contributed by atoms with Gasteiger partial charge in [-0.05, 0) is 66.5 Å². The lowest BCUT2D eigenvalue weighted by Crippen LogP contribution is -2.38. The van der Waals surface area contributed by atoms with Crippen molar-refractivity contribution in [3.8, 4) is 0 Å². The van der Waals surface area contributed by atoms with Crippen molar-refractivity contribution in [3.05, 3.63) is 126 Å². The minimum Gasteiger partial charge on any atom is -0.272 e. The number of rotatable bonds is 3. The lowest BCUT2D eigenvalue weighted by molar-refractivity contribution is 0.585. The fourth-order valence-corrected chi connectivity index (χ4v) is 6.33. The summed E-state index contributed by atoms with van der Waals surface area (Å²) >= 11 is 3.20. The average Bonchev–Trinajstić information content (AvgIpc) is 3.18. The molecule has 168 valence electrons. The number of allylic oxidation sites excluding steroid dienone is 1. The molecular weight excluding hydrogens is 456 g/mol. The molecule has 0 spiro atoms. The highest BCUT2D eigenvalue weighted by Gasteiger charge is 2.32. The van der Waals surface area contributed by atoms with Gasteiger partial charge in [0.2, 0.25) is 0 Å². The van der Waals surface area contributed by atoms with Crippen molar-refractivity contribution in [2.45, 2.75) is 30.7 Å². The van der Waals surface area contributed by atoms with Crippen molar-refractivity contribution in [2.24, 2.45) is 4.99 Å². The predicted molar refractivity (Wildman–Crippen MR) is 142 cm³/mol. The summed E-state index contributed by atoms with van der Waals surface area (Å²) in [4.78, 5) is 20.8. The molecule has 1 aliphatic heterocycles. The number of aromatic nitrogens is 1. The van der Waals surface area contributed by atoms with Crippen LogP contribution < -0.4 is 14.9 Å². The maximum absolute atomic E-state index is 13.8. The second-order valence-electron chi connectivity index (χ2n) is 8.80. The third-order valence-corrected chi connectivity index (χ3v) is 8.41. The van der Waals surface area contributed by atoms with E-state index >= 15 is 0 Å². The Hall–Kier alpha value is -3.15. The summed E-state index contributed by atoms with van der Waals surface area (Å²) in [5, 5.41) is 0. The van der Waals surface area contributed by atoms with Crippen molar-refractivity contribution in [2.75, 3.05) is 6.26 Å². The number of hydrogen-bond acceptors (Lipinski definition) is 4. The third kappa shape index (κ3) is 3.60. The Morgan fingerprint density at radius 2 is 1.76 bits per heavy atom. The molecule has 3 nitrogen and oxygen atoms in total. The zero-order valence-electron chi connectivity index (χ0n) is 19.1. The summed E-state index contributed by atoms with van der Waals surface area (Å²) in [5.41, 5.74) is 8.25. The predicted octanol–water partition coefficient (Wildman–Crippen LogP) is 5.35. The third-order valence-electron chi connectivity index (χ3n) is 6.68. The molecule has 1 aliphatic carbocycles. The Morgan fingerprint density at radius 3 is 2.53 bits per heavy atom. The topological polar surface area (TPSA) is 34.4 Å². The molecule has 2 aliphatic rings. The number of fused-ring (bicyclic) bond motifs is 3. The van der Waals surface area contributed by atoms with Crippen LogP contribution in [0, 0.1) is 6.92 Å². The molecular formula is C29H24N2OS2. The fourth-order valence-electron chi connectivity index (χ4n) is 4.92. The SMILES string of the molecule is CSc1ccc(/C=c2\sc3n(c2=O)[C@@H](c2ccc(C)cc2)C2=C(N=3)c3ccccc3CC2)cc1. The van der Waals surface area contributed by atoms with Crippen LogP contribution in [0.4, 0.5) is 0 Å². The van der Waals surface area contributed by atoms with E-state index < -0.39 is 0 Å². The zero-order chi connectivity index (χ0) is 23.2. The van der Waals surface area contributed by atoms with Crippen molar-refractivity contribution < 1.29 is 0 Å². The molecule has 0 amide bonds. The van der Waals surface area contributed by atoms with E-state index in [-0.39, 0.29) is 11.6 Å². The summed E-state index contributed by atoms with van der Waals surface area (Å²) in [7, 11) is 0. The van der Waals surface area contributed by atoms with E-state index in [1.807, 2.05) is 10.6 Å². The second-order valence-corrected chi connectivity index (χ2v) is 10.7. The van der Waals surface area contributed by atoms with Gasteiger partial charge in [-0.3, -0.25) is 9.36 Å². The Balaban J connectivity index is 1.59. The molecule has 6 rings (SSSR count). The van der Waals surface area contributed by atoms with E-state index in [0.29, 0.717) is 0 Å². The van der Waals surface area contributed by atoms with Crippen LogP contribution in [0.2, 0.25) is 0 Å². The molecule has 0 unspecified atom stereocenters. The van der Waals surface area contributed by atoms with Crippen LogP contribution in [0.25, 0.3) is 11.8 Å². The molecule has 1 atom stereocenters. The monoisotopic (exact) mass is 480 g/mol. The van der Waals surface area contributed by atoms with Crippen LogP contribution in [0.1, 0.15) is 40.3 Å². The lowest BCUT2D eigenvalue weighted by Gasteiger charge is -2.30. The van der Waals surface area contributed by atoms with Crippen LogP contribution >= 0.6 is 23.1 Å². The van der Waals surface area contributed by atoms with Crippen molar-refractivity contribution in [1.29, 1.82) is 0 Å². The molecule has 0 saturated carbocycles. The van der Waals surface area contributed by atoms with Crippen molar-refractivity contribution >= 4 is 34.9 Å². The maximum atomic E-state index is 13.8. The molecule has 0 radical (unpaired) electrons. The Morgan fingerprint density at radius 1 is 1.00 bits per heavy atom. The number of hydrogen-bond donors (Lipinski definition) is 0. The van der Waals surface area contributed by atoms with E-state index in [9.17, 15) is 4.79 Å². The molecule has 4 aromatic rings. The fraction of sp³-hybridized carbons (Fsp3) is 0.172. The van der Waals surface area contributed by atoms with Gasteiger partial charge in [0, 0.05) is 10.5 Å². The van der Waals surface area contributed by atoms with Crippen molar-refractivity contribution in [3.63, 3.8) is 0 Å². The minimum atomic E-state index is -0.124. The van der Waals surface area contributed by atoms with Gasteiger partial charge in [-0.2, -0.15) is 0 Å². The van der Waals surface area contributed by atoms with Gasteiger partial charge in [0.15, 0.2) is 4.80 Å². The smallest absolute Gasteiger partial charge is 0.271 e. The quantitative estimate of drug-likeness (QED) is 0.371. The van der Waals surface area contributed by atoms with E-state index in [1.54, 1.807) is 11.8 Å². The van der Waals surface area contributed by atoms with Gasteiger partial charge in [-0.15, -0.1) is 11.8 Å². The number of benzene rings is 3. The van der Waals surface area contributed by atoms with Gasteiger partial charge in [-0.1, -0.05) is 77.6 Å². The summed E-state index contributed by atoms with van der Waals surface area (Å²) < 4.78 is 2.64. The number of nitrogens with zero attached hydrogens (tertiary/aromatic N) is 2. The van der Waals surface area contributed by atoms with Gasteiger partial charge in [0.05, 0.1) is 16.3 Å². The van der Waals surface area contributed by atoms with Crippen LogP contribution in [-0.4, -0.2) is 10.8 Å². The number of aryl methyl sites for hydroxylation is 2. The second kappa shape index (κ2) is 8.57. The largest absolute Gasteiger partial charge is 0.272 e. The molecule has 0 fully saturated rings. The van der Waals surface area contributed by atoms with Gasteiger partial charge in [0.25, 0.3) is 5.56 Å². The highest BCUT2D eigenvalue weighted by atomic mass is 32.2. The molecule has 5 heteroatoms. The highest BCUT2D eigenvalue weighted by molar-refractivity contribution is 7.98. The average molecular weight is 481 g/mol.